The first-order valence-electron chi connectivity index (χ1n) is 9.98. The van der Waals surface area contributed by atoms with E-state index in [4.69, 9.17) is 27.9 Å². The summed E-state index contributed by atoms with van der Waals surface area (Å²) in [4.78, 5) is 17.4. The molecule has 32 heavy (non-hydrogen) atoms. The third-order valence-electron chi connectivity index (χ3n) is 4.69. The average Bonchev–Trinajstić information content (AvgIpc) is 3.23. The normalized spacial score (nSPS) is 10.8. The predicted molar refractivity (Wildman–Crippen MR) is 127 cm³/mol. The molecule has 0 bridgehead atoms. The fourth-order valence-corrected chi connectivity index (χ4v) is 3.39. The Morgan fingerprint density at radius 2 is 1.72 bits per heavy atom. The van der Waals surface area contributed by atoms with E-state index in [0.717, 1.165) is 22.6 Å². The Balaban J connectivity index is 1.72. The van der Waals surface area contributed by atoms with Crippen molar-refractivity contribution in [3.63, 3.8) is 0 Å². The number of benzene rings is 3. The summed E-state index contributed by atoms with van der Waals surface area (Å²) in [6.07, 6.45) is 0. The van der Waals surface area contributed by atoms with E-state index < -0.39 is 5.91 Å². The molecule has 1 amide bonds. The number of carbonyl (C=O) groups excluding carboxylic acids is 1. The molecule has 3 aromatic carbocycles. The van der Waals surface area contributed by atoms with Gasteiger partial charge in [-0.25, -0.2) is 9.67 Å². The molecule has 162 valence electrons. The molecule has 0 unspecified atom stereocenters. The minimum Gasteiger partial charge on any atom is -0.494 e. The van der Waals surface area contributed by atoms with E-state index >= 15 is 0 Å². The molecule has 1 aromatic heterocycles. The number of aromatic nitrogens is 3. The monoisotopic (exact) mass is 466 g/mol. The highest BCUT2D eigenvalue weighted by atomic mass is 35.5. The Bertz CT molecular complexity index is 1250. The van der Waals surface area contributed by atoms with Gasteiger partial charge in [-0.3, -0.25) is 4.79 Å². The van der Waals surface area contributed by atoms with Gasteiger partial charge in [0.15, 0.2) is 5.82 Å². The number of amides is 1. The summed E-state index contributed by atoms with van der Waals surface area (Å²) in [5.74, 6) is 0.876. The van der Waals surface area contributed by atoms with Crippen LogP contribution in [0.15, 0.2) is 66.7 Å². The number of aryl methyl sites for hydroxylation is 1. The highest BCUT2D eigenvalue weighted by Crippen LogP contribution is 2.26. The Hall–Kier alpha value is -3.35. The second-order valence-electron chi connectivity index (χ2n) is 7.05. The quantitative estimate of drug-likeness (QED) is 0.367. The summed E-state index contributed by atoms with van der Waals surface area (Å²) in [6, 6.07) is 20.2. The minimum atomic E-state index is -0.457. The molecule has 1 N–H and O–H groups in total. The van der Waals surface area contributed by atoms with Gasteiger partial charge in [-0.15, -0.1) is 5.10 Å². The molecule has 6 nitrogen and oxygen atoms in total. The first kappa shape index (κ1) is 21.9. The molecule has 0 aliphatic carbocycles. The van der Waals surface area contributed by atoms with Crippen molar-refractivity contribution < 1.29 is 9.53 Å². The largest absolute Gasteiger partial charge is 0.494 e. The second kappa shape index (κ2) is 9.42. The van der Waals surface area contributed by atoms with Gasteiger partial charge >= 0.3 is 0 Å². The van der Waals surface area contributed by atoms with Gasteiger partial charge in [-0.05, 0) is 56.3 Å². The lowest BCUT2D eigenvalue weighted by Crippen LogP contribution is -2.14. The number of anilines is 1. The average molecular weight is 467 g/mol. The van der Waals surface area contributed by atoms with E-state index in [0.29, 0.717) is 28.2 Å². The lowest BCUT2D eigenvalue weighted by Gasteiger charge is -2.08. The van der Waals surface area contributed by atoms with Gasteiger partial charge in [0.25, 0.3) is 5.91 Å². The summed E-state index contributed by atoms with van der Waals surface area (Å²) in [7, 11) is 0. The van der Waals surface area contributed by atoms with Crippen LogP contribution in [0, 0.1) is 6.92 Å². The van der Waals surface area contributed by atoms with Crippen LogP contribution < -0.4 is 10.1 Å². The molecule has 0 aliphatic rings. The summed E-state index contributed by atoms with van der Waals surface area (Å²) in [5, 5.41) is 8.00. The third kappa shape index (κ3) is 4.77. The van der Waals surface area contributed by atoms with Crippen molar-refractivity contribution in [2.75, 3.05) is 11.9 Å². The maximum absolute atomic E-state index is 12.9. The van der Waals surface area contributed by atoms with Crippen LogP contribution in [0.3, 0.4) is 0 Å². The van der Waals surface area contributed by atoms with Crippen molar-refractivity contribution in [1.82, 2.24) is 14.8 Å². The van der Waals surface area contributed by atoms with Crippen molar-refractivity contribution in [3.8, 4) is 22.8 Å². The van der Waals surface area contributed by atoms with Crippen molar-refractivity contribution in [3.05, 3.63) is 88.2 Å². The van der Waals surface area contributed by atoms with Gasteiger partial charge in [0, 0.05) is 11.3 Å². The van der Waals surface area contributed by atoms with Crippen molar-refractivity contribution >= 4 is 34.8 Å². The van der Waals surface area contributed by atoms with E-state index in [2.05, 4.69) is 15.4 Å². The Labute approximate surface area is 195 Å². The van der Waals surface area contributed by atoms with Crippen molar-refractivity contribution in [2.45, 2.75) is 13.8 Å². The minimum absolute atomic E-state index is 0.0283. The molecule has 0 spiro atoms. The van der Waals surface area contributed by atoms with E-state index in [1.54, 1.807) is 22.9 Å². The van der Waals surface area contributed by atoms with Gasteiger partial charge < -0.3 is 10.1 Å². The van der Waals surface area contributed by atoms with Crippen molar-refractivity contribution in [2.24, 2.45) is 0 Å². The maximum atomic E-state index is 12.9. The Morgan fingerprint density at radius 3 is 2.38 bits per heavy atom. The van der Waals surface area contributed by atoms with Crippen LogP contribution in [0.2, 0.25) is 10.0 Å². The number of ether oxygens (including phenoxy) is 1. The third-order valence-corrected chi connectivity index (χ3v) is 5.43. The fourth-order valence-electron chi connectivity index (χ4n) is 3.09. The van der Waals surface area contributed by atoms with E-state index in [1.165, 1.54) is 0 Å². The summed E-state index contributed by atoms with van der Waals surface area (Å²) in [6.45, 7) is 4.52. The molecule has 8 heteroatoms. The first-order chi connectivity index (χ1) is 15.4. The van der Waals surface area contributed by atoms with Crippen LogP contribution in [0.1, 0.15) is 23.1 Å². The standard InChI is InChI=1S/C24H20Cl2N4O2/c1-3-32-19-11-9-18(10-12-19)30-23(16-6-4-15(2)5-7-16)28-22(29-30)24(31)27-17-8-13-20(25)21(26)14-17/h4-14H,3H2,1-2H3,(H,27,31). The van der Waals surface area contributed by atoms with Gasteiger partial charge in [0.1, 0.15) is 5.75 Å². The number of carbonyl (C=O) groups is 1. The smallest absolute Gasteiger partial charge is 0.295 e. The Morgan fingerprint density at radius 1 is 1.00 bits per heavy atom. The molecule has 4 aromatic rings. The maximum Gasteiger partial charge on any atom is 0.295 e. The first-order valence-corrected chi connectivity index (χ1v) is 10.7. The molecule has 0 saturated heterocycles. The molecule has 0 saturated carbocycles. The number of hydrogen-bond donors (Lipinski definition) is 1. The predicted octanol–water partition coefficient (Wildman–Crippen LogP) is 6.20. The number of nitrogens with one attached hydrogen (secondary N) is 1. The van der Waals surface area contributed by atoms with Crippen molar-refractivity contribution in [1.29, 1.82) is 0 Å². The van der Waals surface area contributed by atoms with Crippen LogP contribution in [0.25, 0.3) is 17.1 Å². The molecule has 0 aliphatic heterocycles. The van der Waals surface area contributed by atoms with Gasteiger partial charge in [-0.2, -0.15) is 0 Å². The number of halogens is 2. The zero-order valence-electron chi connectivity index (χ0n) is 17.5. The van der Waals surface area contributed by atoms with Crippen LogP contribution in [0.4, 0.5) is 5.69 Å². The number of rotatable bonds is 6. The lowest BCUT2D eigenvalue weighted by atomic mass is 10.1. The highest BCUT2D eigenvalue weighted by molar-refractivity contribution is 6.42. The molecule has 0 atom stereocenters. The Kier molecular flexibility index (Phi) is 6.44. The van der Waals surface area contributed by atoms with Gasteiger partial charge in [-0.1, -0.05) is 53.0 Å². The molecule has 1 heterocycles. The van der Waals surface area contributed by atoms with Crippen LogP contribution in [0.5, 0.6) is 5.75 Å². The van der Waals surface area contributed by atoms with Gasteiger partial charge in [0.05, 0.1) is 22.3 Å². The molecule has 0 radical (unpaired) electrons. The summed E-state index contributed by atoms with van der Waals surface area (Å²) < 4.78 is 7.17. The fraction of sp³-hybridized carbons (Fsp3) is 0.125. The highest BCUT2D eigenvalue weighted by Gasteiger charge is 2.19. The van der Waals surface area contributed by atoms with Crippen LogP contribution in [-0.2, 0) is 0 Å². The topological polar surface area (TPSA) is 69.0 Å². The van der Waals surface area contributed by atoms with E-state index in [9.17, 15) is 4.79 Å². The molecular formula is C24H20Cl2N4O2. The molecule has 4 rings (SSSR count). The zero-order chi connectivity index (χ0) is 22.7. The SMILES string of the molecule is CCOc1ccc(-n2nc(C(=O)Nc3ccc(Cl)c(Cl)c3)nc2-c2ccc(C)cc2)cc1. The van der Waals surface area contributed by atoms with Crippen LogP contribution >= 0.6 is 23.2 Å². The second-order valence-corrected chi connectivity index (χ2v) is 7.86. The van der Waals surface area contributed by atoms with E-state index in [-0.39, 0.29) is 5.82 Å². The van der Waals surface area contributed by atoms with Crippen LogP contribution in [-0.4, -0.2) is 27.3 Å². The summed E-state index contributed by atoms with van der Waals surface area (Å²) >= 11 is 12.0. The lowest BCUT2D eigenvalue weighted by molar-refractivity contribution is 0.101. The number of nitrogens with zero attached hydrogens (tertiary/aromatic N) is 3. The zero-order valence-corrected chi connectivity index (χ0v) is 19.0. The van der Waals surface area contributed by atoms with E-state index in [1.807, 2.05) is 62.4 Å². The van der Waals surface area contributed by atoms with Gasteiger partial charge in [0.2, 0.25) is 5.82 Å². The molecule has 0 fully saturated rings. The number of hydrogen-bond acceptors (Lipinski definition) is 4. The summed E-state index contributed by atoms with van der Waals surface area (Å²) in [5.41, 5.74) is 3.22. The molecular weight excluding hydrogens is 447 g/mol.